The van der Waals surface area contributed by atoms with Gasteiger partial charge in [0.15, 0.2) is 0 Å². The molecule has 1 aliphatic heterocycles. The van der Waals surface area contributed by atoms with E-state index in [4.69, 9.17) is 4.74 Å². The highest BCUT2D eigenvalue weighted by Gasteiger charge is 2.28. The first-order chi connectivity index (χ1) is 12.4. The van der Waals surface area contributed by atoms with Crippen LogP contribution in [0.15, 0.2) is 53.4 Å². The summed E-state index contributed by atoms with van der Waals surface area (Å²) in [5, 5.41) is 0. The molecule has 7 heteroatoms. The van der Waals surface area contributed by atoms with Gasteiger partial charge in [-0.15, -0.1) is 0 Å². The van der Waals surface area contributed by atoms with Crippen molar-refractivity contribution in [2.75, 3.05) is 57.2 Å². The number of nitrogens with zero attached hydrogens (tertiary/aromatic N) is 3. The Morgan fingerprint density at radius 1 is 0.885 bits per heavy atom. The molecule has 0 aromatic heterocycles. The zero-order valence-corrected chi connectivity index (χ0v) is 16.2. The lowest BCUT2D eigenvalue weighted by atomic mass is 10.2. The molecule has 0 spiro atoms. The van der Waals surface area contributed by atoms with Crippen LogP contribution in [-0.4, -0.2) is 60.1 Å². The molecule has 1 fully saturated rings. The Bertz CT molecular complexity index is 825. The number of hydrogen-bond acceptors (Lipinski definition) is 5. The average molecular weight is 375 g/mol. The van der Waals surface area contributed by atoms with E-state index in [9.17, 15) is 8.42 Å². The maximum Gasteiger partial charge on any atom is 0.243 e. The van der Waals surface area contributed by atoms with E-state index in [2.05, 4.69) is 34.1 Å². The molecule has 2 aromatic rings. The van der Waals surface area contributed by atoms with Gasteiger partial charge in [-0.3, -0.25) is 0 Å². The maximum atomic E-state index is 12.8. The summed E-state index contributed by atoms with van der Waals surface area (Å²) in [6.45, 7) is 2.31. The molecule has 3 rings (SSSR count). The number of methoxy groups -OCH3 is 1. The van der Waals surface area contributed by atoms with E-state index in [1.807, 2.05) is 14.1 Å². The molecule has 6 nitrogen and oxygen atoms in total. The largest absolute Gasteiger partial charge is 0.497 e. The minimum absolute atomic E-state index is 0.307. The van der Waals surface area contributed by atoms with Gasteiger partial charge in [0.25, 0.3) is 0 Å². The molecule has 0 N–H and O–H groups in total. The summed E-state index contributed by atoms with van der Waals surface area (Å²) in [4.78, 5) is 4.59. The van der Waals surface area contributed by atoms with Crippen LogP contribution in [0.25, 0.3) is 0 Å². The Morgan fingerprint density at radius 2 is 1.46 bits per heavy atom. The van der Waals surface area contributed by atoms with Crippen molar-refractivity contribution in [1.82, 2.24) is 4.31 Å². The van der Waals surface area contributed by atoms with Gasteiger partial charge in [-0.25, -0.2) is 8.42 Å². The molecule has 140 valence electrons. The second-order valence-corrected chi connectivity index (χ2v) is 8.42. The van der Waals surface area contributed by atoms with Crippen LogP contribution < -0.4 is 14.5 Å². The molecule has 0 radical (unpaired) electrons. The number of piperazine rings is 1. The van der Waals surface area contributed by atoms with E-state index in [-0.39, 0.29) is 0 Å². The van der Waals surface area contributed by atoms with E-state index in [0.29, 0.717) is 36.8 Å². The first-order valence-electron chi connectivity index (χ1n) is 8.58. The summed E-state index contributed by atoms with van der Waals surface area (Å²) in [5.41, 5.74) is 2.27. The molecule has 0 amide bonds. The topological polar surface area (TPSA) is 53.1 Å². The number of benzene rings is 2. The molecule has 0 aliphatic carbocycles. The van der Waals surface area contributed by atoms with Gasteiger partial charge < -0.3 is 14.5 Å². The number of rotatable bonds is 5. The van der Waals surface area contributed by atoms with Gasteiger partial charge >= 0.3 is 0 Å². The summed E-state index contributed by atoms with van der Waals surface area (Å²) in [6.07, 6.45) is 0. The normalized spacial score (nSPS) is 15.7. The fraction of sp³-hybridized carbons (Fsp3) is 0.368. The Morgan fingerprint density at radius 3 is 1.96 bits per heavy atom. The van der Waals surface area contributed by atoms with Gasteiger partial charge in [-0.05, 0) is 48.5 Å². The first kappa shape index (κ1) is 18.5. The van der Waals surface area contributed by atoms with Crippen LogP contribution in [0.1, 0.15) is 0 Å². The summed E-state index contributed by atoms with van der Waals surface area (Å²) in [7, 11) is 2.12. The molecule has 0 bridgehead atoms. The lowest BCUT2D eigenvalue weighted by Gasteiger charge is -2.35. The van der Waals surface area contributed by atoms with Crippen LogP contribution in [-0.2, 0) is 10.0 Å². The minimum Gasteiger partial charge on any atom is -0.497 e. The molecule has 2 aromatic carbocycles. The highest BCUT2D eigenvalue weighted by atomic mass is 32.2. The zero-order chi connectivity index (χ0) is 18.7. The van der Waals surface area contributed by atoms with Crippen molar-refractivity contribution >= 4 is 21.4 Å². The Labute approximate surface area is 155 Å². The number of sulfonamides is 1. The van der Waals surface area contributed by atoms with Crippen LogP contribution in [0.4, 0.5) is 11.4 Å². The molecule has 0 saturated carbocycles. The summed E-state index contributed by atoms with van der Waals surface area (Å²) < 4.78 is 32.3. The fourth-order valence-corrected chi connectivity index (χ4v) is 4.47. The van der Waals surface area contributed by atoms with E-state index in [0.717, 1.165) is 11.4 Å². The van der Waals surface area contributed by atoms with Crippen LogP contribution in [0.3, 0.4) is 0 Å². The maximum absolute atomic E-state index is 12.8. The quantitative estimate of drug-likeness (QED) is 0.802. The van der Waals surface area contributed by atoms with Crippen molar-refractivity contribution in [2.24, 2.45) is 0 Å². The van der Waals surface area contributed by atoms with Crippen LogP contribution in [0.2, 0.25) is 0 Å². The molecule has 1 heterocycles. The monoisotopic (exact) mass is 375 g/mol. The molecular weight excluding hydrogens is 350 g/mol. The first-order valence-corrected chi connectivity index (χ1v) is 10.0. The van der Waals surface area contributed by atoms with Crippen molar-refractivity contribution in [3.05, 3.63) is 48.5 Å². The van der Waals surface area contributed by atoms with Gasteiger partial charge in [0, 0.05) is 51.6 Å². The molecular formula is C19H25N3O3S. The highest BCUT2D eigenvalue weighted by molar-refractivity contribution is 7.89. The van der Waals surface area contributed by atoms with Crippen LogP contribution >= 0.6 is 0 Å². The summed E-state index contributed by atoms with van der Waals surface area (Å²) in [5.74, 6) is 0.648. The third-order valence-electron chi connectivity index (χ3n) is 4.67. The second kappa shape index (κ2) is 7.55. The number of anilines is 2. The van der Waals surface area contributed by atoms with Crippen molar-refractivity contribution in [2.45, 2.75) is 4.90 Å². The standard InChI is InChI=1S/C19H25N3O3S/c1-20(2)16-4-6-17(7-5-16)21-12-14-22(15-13-21)26(23,24)19-10-8-18(25-3)9-11-19/h4-11H,12-15H2,1-3H3. The van der Waals surface area contributed by atoms with E-state index in [1.54, 1.807) is 35.7 Å². The van der Waals surface area contributed by atoms with Crippen molar-refractivity contribution in [1.29, 1.82) is 0 Å². The Hall–Kier alpha value is -2.25. The third-order valence-corrected chi connectivity index (χ3v) is 6.58. The van der Waals surface area contributed by atoms with E-state index in [1.165, 1.54) is 0 Å². The second-order valence-electron chi connectivity index (χ2n) is 6.48. The molecule has 0 atom stereocenters. The van der Waals surface area contributed by atoms with E-state index >= 15 is 0 Å². The van der Waals surface area contributed by atoms with Gasteiger partial charge in [-0.2, -0.15) is 4.31 Å². The minimum atomic E-state index is -3.47. The van der Waals surface area contributed by atoms with Gasteiger partial charge in [0.2, 0.25) is 10.0 Å². The zero-order valence-electron chi connectivity index (χ0n) is 15.4. The smallest absolute Gasteiger partial charge is 0.243 e. The predicted molar refractivity (Wildman–Crippen MR) is 105 cm³/mol. The Balaban J connectivity index is 1.67. The number of ether oxygens (including phenoxy) is 1. The molecule has 1 saturated heterocycles. The summed E-state index contributed by atoms with van der Waals surface area (Å²) in [6, 6.07) is 14.9. The Kier molecular flexibility index (Phi) is 5.38. The molecule has 1 aliphatic rings. The van der Waals surface area contributed by atoms with Crippen molar-refractivity contribution in [3.8, 4) is 5.75 Å². The van der Waals surface area contributed by atoms with Gasteiger partial charge in [0.05, 0.1) is 12.0 Å². The predicted octanol–water partition coefficient (Wildman–Crippen LogP) is 2.27. The van der Waals surface area contributed by atoms with Gasteiger partial charge in [0.1, 0.15) is 5.75 Å². The van der Waals surface area contributed by atoms with Crippen molar-refractivity contribution < 1.29 is 13.2 Å². The number of hydrogen-bond donors (Lipinski definition) is 0. The highest BCUT2D eigenvalue weighted by Crippen LogP contribution is 2.24. The van der Waals surface area contributed by atoms with Crippen LogP contribution in [0, 0.1) is 0 Å². The lowest BCUT2D eigenvalue weighted by Crippen LogP contribution is -2.48. The SMILES string of the molecule is COc1ccc(S(=O)(=O)N2CCN(c3ccc(N(C)C)cc3)CC2)cc1. The summed E-state index contributed by atoms with van der Waals surface area (Å²) >= 11 is 0. The molecule has 26 heavy (non-hydrogen) atoms. The third kappa shape index (κ3) is 3.78. The van der Waals surface area contributed by atoms with E-state index < -0.39 is 10.0 Å². The average Bonchev–Trinajstić information content (AvgIpc) is 2.68. The van der Waals surface area contributed by atoms with Crippen LogP contribution in [0.5, 0.6) is 5.75 Å². The lowest BCUT2D eigenvalue weighted by molar-refractivity contribution is 0.384. The van der Waals surface area contributed by atoms with Crippen molar-refractivity contribution in [3.63, 3.8) is 0 Å². The molecule has 0 unspecified atom stereocenters. The van der Waals surface area contributed by atoms with Gasteiger partial charge in [-0.1, -0.05) is 0 Å². The fourth-order valence-electron chi connectivity index (χ4n) is 3.05.